The molecule has 3 heteroatoms. The molecule has 3 rings (SSSR count). The highest BCUT2D eigenvalue weighted by Crippen LogP contribution is 2.31. The van der Waals surface area contributed by atoms with Gasteiger partial charge in [-0.25, -0.2) is 4.99 Å². The second-order valence-electron chi connectivity index (χ2n) is 6.06. The van der Waals surface area contributed by atoms with Crippen molar-refractivity contribution in [2.45, 2.75) is 26.3 Å². The Morgan fingerprint density at radius 3 is 2.43 bits per heavy atom. The summed E-state index contributed by atoms with van der Waals surface area (Å²) in [5.41, 5.74) is 4.11. The molecule has 2 aromatic carbocycles. The van der Waals surface area contributed by atoms with Crippen LogP contribution in [0.5, 0.6) is 5.75 Å². The first-order chi connectivity index (χ1) is 9.96. The molecule has 0 fully saturated rings. The average Bonchev–Trinajstić information content (AvgIpc) is 2.79. The number of nitrogens with zero attached hydrogens (tertiary/aromatic N) is 1. The zero-order chi connectivity index (χ0) is 15.0. The van der Waals surface area contributed by atoms with Gasteiger partial charge in [0.05, 0.1) is 5.54 Å². The molecule has 0 radical (unpaired) electrons. The lowest BCUT2D eigenvalue weighted by Gasteiger charge is -2.12. The molecule has 0 unspecified atom stereocenters. The van der Waals surface area contributed by atoms with E-state index < -0.39 is 0 Å². The molecule has 0 saturated heterocycles. The van der Waals surface area contributed by atoms with Gasteiger partial charge in [0.2, 0.25) is 5.90 Å². The number of hydrogen-bond donors (Lipinski definition) is 1. The molecule has 0 spiro atoms. The molecule has 2 aromatic rings. The van der Waals surface area contributed by atoms with Gasteiger partial charge in [0, 0.05) is 5.56 Å². The van der Waals surface area contributed by atoms with E-state index in [4.69, 9.17) is 9.73 Å². The summed E-state index contributed by atoms with van der Waals surface area (Å²) in [5, 5.41) is 9.46. The van der Waals surface area contributed by atoms with E-state index in [0.717, 1.165) is 22.3 Å². The highest BCUT2D eigenvalue weighted by Gasteiger charge is 2.29. The molecule has 108 valence electrons. The first-order valence-electron chi connectivity index (χ1n) is 7.08. The fourth-order valence-electron chi connectivity index (χ4n) is 2.55. The Morgan fingerprint density at radius 2 is 1.81 bits per heavy atom. The van der Waals surface area contributed by atoms with Crippen molar-refractivity contribution in [2.24, 2.45) is 4.99 Å². The molecule has 0 aliphatic carbocycles. The Hall–Kier alpha value is -2.29. The van der Waals surface area contributed by atoms with Gasteiger partial charge < -0.3 is 9.84 Å². The number of phenols is 1. The standard InChI is InChI=1S/C18H19NO2/c1-12-5-4-6-15(13-7-9-14(20)10-8-13)16(12)17-19-18(2,3)11-21-17/h4-10,20H,11H2,1-3H3. The predicted octanol–water partition coefficient (Wildman–Crippen LogP) is 3.92. The van der Waals surface area contributed by atoms with Crippen LogP contribution in [0.3, 0.4) is 0 Å². The van der Waals surface area contributed by atoms with Gasteiger partial charge >= 0.3 is 0 Å². The fraction of sp³-hybridized carbons (Fsp3) is 0.278. The number of ether oxygens (including phenoxy) is 1. The Labute approximate surface area is 124 Å². The molecule has 1 heterocycles. The van der Waals surface area contributed by atoms with Crippen LogP contribution >= 0.6 is 0 Å². The van der Waals surface area contributed by atoms with Crippen molar-refractivity contribution in [3.05, 3.63) is 53.6 Å². The van der Waals surface area contributed by atoms with Crippen LogP contribution in [0.1, 0.15) is 25.0 Å². The highest BCUT2D eigenvalue weighted by molar-refractivity contribution is 6.03. The number of aliphatic imine (C=N–C) groups is 1. The third-order valence-electron chi connectivity index (χ3n) is 3.63. The molecule has 0 atom stereocenters. The normalized spacial score (nSPS) is 16.4. The third kappa shape index (κ3) is 2.64. The molecule has 0 saturated carbocycles. The lowest BCUT2D eigenvalue weighted by atomic mass is 9.95. The van der Waals surface area contributed by atoms with Crippen LogP contribution in [-0.4, -0.2) is 23.2 Å². The number of benzene rings is 2. The van der Waals surface area contributed by atoms with E-state index in [-0.39, 0.29) is 11.3 Å². The SMILES string of the molecule is Cc1cccc(-c2ccc(O)cc2)c1C1=NC(C)(C)CO1. The summed E-state index contributed by atoms with van der Waals surface area (Å²) in [6, 6.07) is 13.4. The van der Waals surface area contributed by atoms with Crippen LogP contribution in [-0.2, 0) is 4.74 Å². The van der Waals surface area contributed by atoms with Crippen molar-refractivity contribution in [1.29, 1.82) is 0 Å². The molecule has 1 aliphatic heterocycles. The fourth-order valence-corrected chi connectivity index (χ4v) is 2.55. The Bertz CT molecular complexity index is 700. The molecule has 21 heavy (non-hydrogen) atoms. The minimum atomic E-state index is -0.177. The third-order valence-corrected chi connectivity index (χ3v) is 3.63. The summed E-state index contributed by atoms with van der Waals surface area (Å²) >= 11 is 0. The maximum Gasteiger partial charge on any atom is 0.217 e. The van der Waals surface area contributed by atoms with E-state index >= 15 is 0 Å². The van der Waals surface area contributed by atoms with Crippen molar-refractivity contribution in [2.75, 3.05) is 6.61 Å². The van der Waals surface area contributed by atoms with E-state index in [1.807, 2.05) is 18.2 Å². The number of phenolic OH excluding ortho intramolecular Hbond substituents is 1. The summed E-state index contributed by atoms with van der Waals surface area (Å²) in [5.74, 6) is 0.977. The van der Waals surface area contributed by atoms with Crippen LogP contribution in [0.15, 0.2) is 47.5 Å². The zero-order valence-electron chi connectivity index (χ0n) is 12.6. The van der Waals surface area contributed by atoms with Gasteiger partial charge in [-0.15, -0.1) is 0 Å². The topological polar surface area (TPSA) is 41.8 Å². The summed E-state index contributed by atoms with van der Waals surface area (Å²) in [7, 11) is 0. The first-order valence-corrected chi connectivity index (χ1v) is 7.08. The van der Waals surface area contributed by atoms with E-state index in [2.05, 4.69) is 32.9 Å². The zero-order valence-corrected chi connectivity index (χ0v) is 12.6. The van der Waals surface area contributed by atoms with Crippen LogP contribution in [0.25, 0.3) is 11.1 Å². The highest BCUT2D eigenvalue weighted by atomic mass is 16.5. The monoisotopic (exact) mass is 281 g/mol. The van der Waals surface area contributed by atoms with Gasteiger partial charge in [-0.1, -0.05) is 30.3 Å². The summed E-state index contributed by atoms with van der Waals surface area (Å²) < 4.78 is 5.82. The van der Waals surface area contributed by atoms with Gasteiger partial charge in [0.1, 0.15) is 12.4 Å². The number of aromatic hydroxyl groups is 1. The lowest BCUT2D eigenvalue weighted by molar-refractivity contribution is 0.279. The maximum absolute atomic E-state index is 9.46. The van der Waals surface area contributed by atoms with E-state index in [1.165, 1.54) is 0 Å². The van der Waals surface area contributed by atoms with Crippen LogP contribution < -0.4 is 0 Å². The minimum absolute atomic E-state index is 0.177. The quantitative estimate of drug-likeness (QED) is 0.906. The predicted molar refractivity (Wildman–Crippen MR) is 84.8 cm³/mol. The van der Waals surface area contributed by atoms with Crippen molar-refractivity contribution in [1.82, 2.24) is 0 Å². The molecule has 1 aliphatic rings. The number of aryl methyl sites for hydroxylation is 1. The maximum atomic E-state index is 9.46. The first kappa shape index (κ1) is 13.7. The second-order valence-corrected chi connectivity index (χ2v) is 6.06. The summed E-state index contributed by atoms with van der Waals surface area (Å²) in [4.78, 5) is 4.70. The van der Waals surface area contributed by atoms with Crippen molar-refractivity contribution in [3.8, 4) is 16.9 Å². The molecule has 1 N–H and O–H groups in total. The van der Waals surface area contributed by atoms with Crippen LogP contribution in [0, 0.1) is 6.92 Å². The van der Waals surface area contributed by atoms with E-state index in [0.29, 0.717) is 12.5 Å². The average molecular weight is 281 g/mol. The van der Waals surface area contributed by atoms with Gasteiger partial charge in [-0.05, 0) is 49.6 Å². The summed E-state index contributed by atoms with van der Waals surface area (Å²) in [6.45, 7) is 6.80. The van der Waals surface area contributed by atoms with Crippen LogP contribution in [0.2, 0.25) is 0 Å². The van der Waals surface area contributed by atoms with Gasteiger partial charge in [0.25, 0.3) is 0 Å². The Kier molecular flexibility index (Phi) is 3.20. The Balaban J connectivity index is 2.15. The molecule has 3 nitrogen and oxygen atoms in total. The largest absolute Gasteiger partial charge is 0.508 e. The number of hydrogen-bond acceptors (Lipinski definition) is 3. The second kappa shape index (κ2) is 4.92. The van der Waals surface area contributed by atoms with Crippen molar-refractivity contribution >= 4 is 5.90 Å². The smallest absolute Gasteiger partial charge is 0.217 e. The molecular weight excluding hydrogens is 262 g/mol. The molecule has 0 bridgehead atoms. The van der Waals surface area contributed by atoms with Crippen molar-refractivity contribution < 1.29 is 9.84 Å². The lowest BCUT2D eigenvalue weighted by Crippen LogP contribution is -2.17. The van der Waals surface area contributed by atoms with Crippen LogP contribution in [0.4, 0.5) is 0 Å². The van der Waals surface area contributed by atoms with Gasteiger partial charge in [-0.2, -0.15) is 0 Å². The van der Waals surface area contributed by atoms with E-state index in [1.54, 1.807) is 12.1 Å². The van der Waals surface area contributed by atoms with Crippen molar-refractivity contribution in [3.63, 3.8) is 0 Å². The molecule has 0 amide bonds. The van der Waals surface area contributed by atoms with Gasteiger partial charge in [-0.3, -0.25) is 0 Å². The summed E-state index contributed by atoms with van der Waals surface area (Å²) in [6.07, 6.45) is 0. The minimum Gasteiger partial charge on any atom is -0.508 e. The van der Waals surface area contributed by atoms with E-state index in [9.17, 15) is 5.11 Å². The number of rotatable bonds is 2. The van der Waals surface area contributed by atoms with Gasteiger partial charge in [0.15, 0.2) is 0 Å². The molecular formula is C18H19NO2. The molecule has 0 aromatic heterocycles. The Morgan fingerprint density at radius 1 is 1.10 bits per heavy atom.